The molecule has 0 atom stereocenters. The number of nitrogen functional groups attached to an aromatic ring is 1. The van der Waals surface area contributed by atoms with Crippen molar-refractivity contribution in [1.29, 1.82) is 0 Å². The number of carbonyl (C=O) groups excluding carboxylic acids is 1. The number of aromatic nitrogens is 1. The van der Waals surface area contributed by atoms with E-state index >= 15 is 0 Å². The van der Waals surface area contributed by atoms with Crippen molar-refractivity contribution in [2.75, 3.05) is 0 Å². The predicted octanol–water partition coefficient (Wildman–Crippen LogP) is 1.45. The minimum atomic E-state index is -0.552. The van der Waals surface area contributed by atoms with Crippen LogP contribution in [0, 0.1) is 0 Å². The zero-order valence-corrected chi connectivity index (χ0v) is 10.9. The van der Waals surface area contributed by atoms with Crippen molar-refractivity contribution in [1.82, 2.24) is 9.99 Å². The molecule has 1 saturated carbocycles. The molecule has 1 aliphatic rings. The molecule has 1 fully saturated rings. The number of hydrazine groups is 1. The summed E-state index contributed by atoms with van der Waals surface area (Å²) in [7, 11) is 0. The summed E-state index contributed by atoms with van der Waals surface area (Å²) in [4.78, 5) is 24.1. The van der Waals surface area contributed by atoms with Gasteiger partial charge in [0, 0.05) is 6.04 Å². The van der Waals surface area contributed by atoms with E-state index in [4.69, 9.17) is 5.84 Å². The average Bonchev–Trinajstić information content (AvgIpc) is 3.31. The van der Waals surface area contributed by atoms with Gasteiger partial charge in [0.05, 0.1) is 5.69 Å². The minimum Gasteiger partial charge on any atom is -0.305 e. The van der Waals surface area contributed by atoms with Crippen LogP contribution in [0.15, 0.2) is 47.3 Å². The topological polar surface area (TPSA) is 77.1 Å². The van der Waals surface area contributed by atoms with Crippen molar-refractivity contribution in [3.8, 4) is 11.3 Å². The summed E-state index contributed by atoms with van der Waals surface area (Å²) in [6.07, 6.45) is 1.93. The van der Waals surface area contributed by atoms with E-state index in [1.807, 2.05) is 35.8 Å². The molecule has 102 valence electrons. The fourth-order valence-electron chi connectivity index (χ4n) is 2.34. The highest BCUT2D eigenvalue weighted by Gasteiger charge is 2.28. The van der Waals surface area contributed by atoms with Crippen molar-refractivity contribution in [2.24, 2.45) is 5.84 Å². The van der Waals surface area contributed by atoms with E-state index in [1.54, 1.807) is 10.6 Å². The second-order valence-electron chi connectivity index (χ2n) is 4.88. The largest absolute Gasteiger partial charge is 0.305 e. The third kappa shape index (κ3) is 2.12. The zero-order chi connectivity index (χ0) is 14.1. The molecule has 5 nitrogen and oxygen atoms in total. The number of pyridine rings is 1. The van der Waals surface area contributed by atoms with Gasteiger partial charge in [0.25, 0.3) is 11.5 Å². The summed E-state index contributed by atoms with van der Waals surface area (Å²) in [6.45, 7) is 0. The van der Waals surface area contributed by atoms with Crippen molar-refractivity contribution in [2.45, 2.75) is 18.9 Å². The fraction of sp³-hybridized carbons (Fsp3) is 0.200. The van der Waals surface area contributed by atoms with Crippen LogP contribution >= 0.6 is 0 Å². The van der Waals surface area contributed by atoms with Crippen LogP contribution in [-0.4, -0.2) is 10.5 Å². The van der Waals surface area contributed by atoms with Crippen molar-refractivity contribution < 1.29 is 4.79 Å². The first-order valence-corrected chi connectivity index (χ1v) is 6.54. The summed E-state index contributed by atoms with van der Waals surface area (Å²) in [5, 5.41) is 0. The van der Waals surface area contributed by atoms with E-state index in [1.165, 1.54) is 6.07 Å². The Morgan fingerprint density at radius 1 is 1.15 bits per heavy atom. The first-order valence-electron chi connectivity index (χ1n) is 6.54. The van der Waals surface area contributed by atoms with E-state index < -0.39 is 5.91 Å². The maximum absolute atomic E-state index is 12.5. The summed E-state index contributed by atoms with van der Waals surface area (Å²) in [6, 6.07) is 13.2. The zero-order valence-electron chi connectivity index (χ0n) is 10.9. The standard InChI is InChI=1S/C15H15N3O2/c16-17-14(19)12-8-9-13(10-4-2-1-3-5-10)18(15(12)20)11-6-7-11/h1-5,8-9,11H,6-7,16H2,(H,17,19). The van der Waals surface area contributed by atoms with Gasteiger partial charge in [0.1, 0.15) is 5.56 Å². The number of benzene rings is 1. The van der Waals surface area contributed by atoms with Gasteiger partial charge in [-0.3, -0.25) is 15.0 Å². The molecule has 1 amide bonds. The molecular weight excluding hydrogens is 254 g/mol. The van der Waals surface area contributed by atoms with Gasteiger partial charge in [0.15, 0.2) is 0 Å². The number of hydrogen-bond acceptors (Lipinski definition) is 3. The molecule has 0 unspecified atom stereocenters. The van der Waals surface area contributed by atoms with Crippen molar-refractivity contribution in [3.05, 3.63) is 58.4 Å². The molecule has 0 spiro atoms. The van der Waals surface area contributed by atoms with Gasteiger partial charge in [-0.2, -0.15) is 0 Å². The molecular formula is C15H15N3O2. The molecule has 1 aromatic heterocycles. The number of amides is 1. The molecule has 3 N–H and O–H groups in total. The maximum atomic E-state index is 12.5. The second kappa shape index (κ2) is 4.94. The molecule has 0 aliphatic heterocycles. The Hall–Kier alpha value is -2.40. The first-order chi connectivity index (χ1) is 9.72. The third-order valence-electron chi connectivity index (χ3n) is 3.47. The molecule has 1 aromatic carbocycles. The highest BCUT2D eigenvalue weighted by Crippen LogP contribution is 2.37. The van der Waals surface area contributed by atoms with Gasteiger partial charge in [-0.05, 0) is 30.5 Å². The van der Waals surface area contributed by atoms with Crippen LogP contribution in [0.1, 0.15) is 29.2 Å². The number of nitrogens with one attached hydrogen (secondary N) is 1. The number of hydrogen-bond donors (Lipinski definition) is 2. The normalized spacial score (nSPS) is 14.1. The Morgan fingerprint density at radius 3 is 2.45 bits per heavy atom. The van der Waals surface area contributed by atoms with Crippen molar-refractivity contribution in [3.63, 3.8) is 0 Å². The molecule has 0 bridgehead atoms. The predicted molar refractivity (Wildman–Crippen MR) is 76.1 cm³/mol. The highest BCUT2D eigenvalue weighted by atomic mass is 16.2. The number of rotatable bonds is 3. The van der Waals surface area contributed by atoms with Gasteiger partial charge in [-0.1, -0.05) is 30.3 Å². The Balaban J connectivity index is 2.19. The van der Waals surface area contributed by atoms with Crippen LogP contribution in [0.4, 0.5) is 0 Å². The van der Waals surface area contributed by atoms with E-state index in [9.17, 15) is 9.59 Å². The number of carbonyl (C=O) groups is 1. The molecule has 0 saturated heterocycles. The lowest BCUT2D eigenvalue weighted by atomic mass is 10.1. The summed E-state index contributed by atoms with van der Waals surface area (Å²) < 4.78 is 1.71. The highest BCUT2D eigenvalue weighted by molar-refractivity contribution is 5.93. The van der Waals surface area contributed by atoms with Crippen molar-refractivity contribution >= 4 is 5.91 Å². The molecule has 0 radical (unpaired) electrons. The fourth-order valence-corrected chi connectivity index (χ4v) is 2.34. The van der Waals surface area contributed by atoms with Crippen LogP contribution in [0.5, 0.6) is 0 Å². The molecule has 3 rings (SSSR count). The van der Waals surface area contributed by atoms with Gasteiger partial charge < -0.3 is 4.57 Å². The van der Waals surface area contributed by atoms with E-state index in [0.717, 1.165) is 24.1 Å². The Labute approximate surface area is 116 Å². The first kappa shape index (κ1) is 12.6. The summed E-state index contributed by atoms with van der Waals surface area (Å²) >= 11 is 0. The van der Waals surface area contributed by atoms with Crippen LogP contribution < -0.4 is 16.8 Å². The lowest BCUT2D eigenvalue weighted by molar-refractivity contribution is 0.0951. The lowest BCUT2D eigenvalue weighted by Gasteiger charge is -2.13. The molecule has 1 aliphatic carbocycles. The quantitative estimate of drug-likeness (QED) is 0.503. The summed E-state index contributed by atoms with van der Waals surface area (Å²) in [5.41, 5.74) is 3.63. The third-order valence-corrected chi connectivity index (χ3v) is 3.47. The van der Waals surface area contributed by atoms with E-state index in [-0.39, 0.29) is 17.2 Å². The average molecular weight is 269 g/mol. The van der Waals surface area contributed by atoms with Gasteiger partial charge >= 0.3 is 0 Å². The summed E-state index contributed by atoms with van der Waals surface area (Å²) in [5.74, 6) is 4.56. The Kier molecular flexibility index (Phi) is 3.12. The van der Waals surface area contributed by atoms with Crippen LogP contribution in [-0.2, 0) is 0 Å². The minimum absolute atomic E-state index is 0.0825. The molecule has 1 heterocycles. The van der Waals surface area contributed by atoms with Crippen LogP contribution in [0.25, 0.3) is 11.3 Å². The SMILES string of the molecule is NNC(=O)c1ccc(-c2ccccc2)n(C2CC2)c1=O. The van der Waals surface area contributed by atoms with E-state index in [0.29, 0.717) is 0 Å². The maximum Gasteiger partial charge on any atom is 0.270 e. The van der Waals surface area contributed by atoms with Gasteiger partial charge in [-0.15, -0.1) is 0 Å². The molecule has 20 heavy (non-hydrogen) atoms. The van der Waals surface area contributed by atoms with Crippen LogP contribution in [0.3, 0.4) is 0 Å². The Bertz CT molecular complexity index is 703. The van der Waals surface area contributed by atoms with Crippen LogP contribution in [0.2, 0.25) is 0 Å². The molecule has 2 aromatic rings. The number of nitrogens with two attached hydrogens (primary N) is 1. The van der Waals surface area contributed by atoms with E-state index in [2.05, 4.69) is 0 Å². The van der Waals surface area contributed by atoms with Gasteiger partial charge in [0.2, 0.25) is 0 Å². The smallest absolute Gasteiger partial charge is 0.270 e. The molecule has 5 heteroatoms. The monoisotopic (exact) mass is 269 g/mol. The Morgan fingerprint density at radius 2 is 1.85 bits per heavy atom. The van der Waals surface area contributed by atoms with Gasteiger partial charge in [-0.25, -0.2) is 5.84 Å². The number of nitrogens with zero attached hydrogens (tertiary/aromatic N) is 1. The lowest BCUT2D eigenvalue weighted by Crippen LogP contribution is -2.36. The second-order valence-corrected chi connectivity index (χ2v) is 4.88.